The number of phosphoric acid groups is 1. The van der Waals surface area contributed by atoms with Gasteiger partial charge in [0.15, 0.2) is 6.10 Å². The van der Waals surface area contributed by atoms with Gasteiger partial charge in [-0.2, -0.15) is 0 Å². The molecule has 0 aliphatic heterocycles. The van der Waals surface area contributed by atoms with Gasteiger partial charge in [0.1, 0.15) is 12.6 Å². The number of rotatable bonds is 35. The minimum absolute atomic E-state index is 0.0504. The van der Waals surface area contributed by atoms with Gasteiger partial charge in [-0.25, -0.2) is 4.57 Å². The topological polar surface area (TPSA) is 172 Å². The molecule has 0 aromatic rings. The van der Waals surface area contributed by atoms with E-state index in [1.54, 1.807) is 0 Å². The van der Waals surface area contributed by atoms with E-state index in [2.05, 4.69) is 85.2 Å². The summed E-state index contributed by atoms with van der Waals surface area (Å²) >= 11 is 0. The van der Waals surface area contributed by atoms with Gasteiger partial charge in [-0.15, -0.1) is 0 Å². The molecule has 0 saturated carbocycles. The number of unbranched alkanes of at least 4 members (excludes halogenated alkanes) is 5. The number of carboxylic acids is 1. The van der Waals surface area contributed by atoms with Crippen LogP contribution in [0.1, 0.15) is 110 Å². The second-order valence-corrected chi connectivity index (χ2v) is 14.2. The first-order chi connectivity index (χ1) is 27.6. The summed E-state index contributed by atoms with van der Waals surface area (Å²) in [7, 11) is -4.75. The van der Waals surface area contributed by atoms with Crippen LogP contribution in [0.15, 0.2) is 122 Å². The van der Waals surface area contributed by atoms with Crippen molar-refractivity contribution in [1.29, 1.82) is 0 Å². The van der Waals surface area contributed by atoms with Crippen molar-refractivity contribution in [2.45, 2.75) is 122 Å². The molecule has 3 atom stereocenters. The Bertz CT molecular complexity index is 1420. The zero-order valence-corrected chi connectivity index (χ0v) is 35.0. The maximum atomic E-state index is 12.5. The molecule has 0 aromatic heterocycles. The van der Waals surface area contributed by atoms with Crippen LogP contribution in [0.4, 0.5) is 0 Å². The predicted octanol–water partition coefficient (Wildman–Crippen LogP) is 10.4. The first-order valence-corrected chi connectivity index (χ1v) is 21.6. The molecule has 0 spiro atoms. The number of carbonyl (C=O) groups excluding carboxylic acids is 2. The van der Waals surface area contributed by atoms with Gasteiger partial charge in [0.2, 0.25) is 0 Å². The third-order valence-electron chi connectivity index (χ3n) is 7.58. The summed E-state index contributed by atoms with van der Waals surface area (Å²) in [6, 6.07) is -1.54. The number of ether oxygens (including phenoxy) is 2. The van der Waals surface area contributed by atoms with Crippen LogP contribution >= 0.6 is 7.82 Å². The van der Waals surface area contributed by atoms with E-state index in [0.717, 1.165) is 64.2 Å². The van der Waals surface area contributed by atoms with Gasteiger partial charge in [-0.1, -0.05) is 148 Å². The Morgan fingerprint density at radius 3 is 1.61 bits per heavy atom. The summed E-state index contributed by atoms with van der Waals surface area (Å²) in [5.41, 5.74) is 5.31. The fourth-order valence-corrected chi connectivity index (χ4v) is 5.25. The number of nitrogens with two attached hydrogens (primary N) is 1. The van der Waals surface area contributed by atoms with Gasteiger partial charge in [-0.05, 0) is 70.6 Å². The number of hydrogen-bond acceptors (Lipinski definition) is 9. The number of phosphoric ester groups is 1. The van der Waals surface area contributed by atoms with Gasteiger partial charge in [-0.3, -0.25) is 23.4 Å². The molecule has 0 aromatic carbocycles. The average molecular weight is 814 g/mol. The van der Waals surface area contributed by atoms with E-state index in [1.165, 1.54) is 0 Å². The number of aliphatic carboxylic acids is 1. The fourth-order valence-electron chi connectivity index (χ4n) is 4.47. The number of carbonyl (C=O) groups is 3. The third kappa shape index (κ3) is 38.5. The van der Waals surface area contributed by atoms with Crippen molar-refractivity contribution < 1.29 is 47.5 Å². The highest BCUT2D eigenvalue weighted by Gasteiger charge is 2.28. The lowest BCUT2D eigenvalue weighted by Gasteiger charge is -2.20. The molecule has 2 unspecified atom stereocenters. The first-order valence-electron chi connectivity index (χ1n) is 20.1. The Morgan fingerprint density at radius 2 is 1.04 bits per heavy atom. The minimum Gasteiger partial charge on any atom is -0.480 e. The molecule has 4 N–H and O–H groups in total. The largest absolute Gasteiger partial charge is 0.480 e. The molecule has 0 fully saturated rings. The van der Waals surface area contributed by atoms with Crippen molar-refractivity contribution in [3.05, 3.63) is 122 Å². The summed E-state index contributed by atoms with van der Waals surface area (Å²) in [6.45, 7) is 2.40. The van der Waals surface area contributed by atoms with Crippen LogP contribution in [0.25, 0.3) is 0 Å². The highest BCUT2D eigenvalue weighted by molar-refractivity contribution is 7.47. The van der Waals surface area contributed by atoms with E-state index in [0.29, 0.717) is 19.3 Å². The standard InChI is InChI=1S/C45H68NO10P/c1-3-5-7-9-11-13-15-17-18-19-20-21-22-23-25-26-28-30-32-34-36-43(47)53-38-41(39-54-57(51,52)55-40-42(46)45(49)50)56-44(48)37-35-33-31-29-27-24-16-14-12-10-8-6-4-2/h5-8,10-14,16-18,20-21,23-25,27,29,31,41-42H,3-4,9,15,19,22,26,28,30,32-40,46H2,1-2H3,(H,49,50)(H,51,52)/b7-5+,8-6+,12-10+,13-11+,16-14+,18-17+,21-20+,25-23+,27-24+,31-29+/t41?,42-/m1/s1. The quantitative estimate of drug-likeness (QED) is 0.0183. The van der Waals surface area contributed by atoms with Crippen molar-refractivity contribution >= 4 is 25.7 Å². The molecule has 0 radical (unpaired) electrons. The Kier molecular flexibility index (Phi) is 35.9. The average Bonchev–Trinajstić information content (AvgIpc) is 3.19. The van der Waals surface area contributed by atoms with E-state index < -0.39 is 57.7 Å². The lowest BCUT2D eigenvalue weighted by molar-refractivity contribution is -0.161. The maximum absolute atomic E-state index is 12.5. The molecule has 11 nitrogen and oxygen atoms in total. The molecule has 0 saturated heterocycles. The van der Waals surface area contributed by atoms with Gasteiger partial charge in [0.25, 0.3) is 0 Å². The summed E-state index contributed by atoms with van der Waals surface area (Å²) in [5, 5.41) is 8.87. The van der Waals surface area contributed by atoms with Crippen molar-refractivity contribution in [1.82, 2.24) is 0 Å². The molecule has 0 rings (SSSR count). The monoisotopic (exact) mass is 813 g/mol. The SMILES string of the molecule is CC/C=C/C=C/C=C/C=C/C=C/CCCC(=O)OC(COC(=O)CCCCCC/C=C/C/C=C/C/C=C/C/C=C/C/C=C/CC)COP(=O)(O)OC[C@@H](N)C(=O)O. The van der Waals surface area contributed by atoms with E-state index in [4.69, 9.17) is 24.8 Å². The van der Waals surface area contributed by atoms with Gasteiger partial charge in [0, 0.05) is 12.8 Å². The van der Waals surface area contributed by atoms with Crippen LogP contribution < -0.4 is 5.73 Å². The van der Waals surface area contributed by atoms with Crippen molar-refractivity contribution in [2.24, 2.45) is 5.73 Å². The number of carboxylic acid groups (broad SMARTS) is 1. The van der Waals surface area contributed by atoms with E-state index >= 15 is 0 Å². The minimum atomic E-state index is -4.75. The number of hydrogen-bond donors (Lipinski definition) is 3. The molecule has 0 aliphatic rings. The highest BCUT2D eigenvalue weighted by atomic mass is 31.2. The van der Waals surface area contributed by atoms with E-state index in [9.17, 15) is 23.8 Å². The molecule has 0 bridgehead atoms. The molecule has 318 valence electrons. The number of esters is 2. The second kappa shape index (κ2) is 38.7. The molecule has 57 heavy (non-hydrogen) atoms. The molecular formula is C45H68NO10P. The van der Waals surface area contributed by atoms with Gasteiger partial charge < -0.3 is 25.2 Å². The summed E-state index contributed by atoms with van der Waals surface area (Å²) in [5.74, 6) is -2.53. The lowest BCUT2D eigenvalue weighted by atomic mass is 10.1. The van der Waals surface area contributed by atoms with Crippen molar-refractivity contribution in [2.75, 3.05) is 19.8 Å². The van der Waals surface area contributed by atoms with Gasteiger partial charge >= 0.3 is 25.7 Å². The zero-order valence-electron chi connectivity index (χ0n) is 34.1. The molecule has 0 heterocycles. The highest BCUT2D eigenvalue weighted by Crippen LogP contribution is 2.43. The predicted molar refractivity (Wildman–Crippen MR) is 230 cm³/mol. The Labute approximate surface area is 341 Å². The Balaban J connectivity index is 4.55. The Hall–Kier alpha value is -4.12. The zero-order chi connectivity index (χ0) is 42.1. The number of allylic oxidation sites excluding steroid dienone is 20. The first kappa shape index (κ1) is 52.9. The molecule has 12 heteroatoms. The maximum Gasteiger partial charge on any atom is 0.472 e. The fraction of sp³-hybridized carbons (Fsp3) is 0.489. The second-order valence-electron chi connectivity index (χ2n) is 12.8. The molecular weight excluding hydrogens is 745 g/mol. The van der Waals surface area contributed by atoms with Crippen LogP contribution in [0.5, 0.6) is 0 Å². The summed E-state index contributed by atoms with van der Waals surface area (Å²) in [4.78, 5) is 45.8. The smallest absolute Gasteiger partial charge is 0.472 e. The lowest BCUT2D eigenvalue weighted by Crippen LogP contribution is -2.34. The normalized spacial score (nSPS) is 15.0. The molecule has 0 aliphatic carbocycles. The van der Waals surface area contributed by atoms with Gasteiger partial charge in [0.05, 0.1) is 13.2 Å². The Morgan fingerprint density at radius 1 is 0.561 bits per heavy atom. The van der Waals surface area contributed by atoms with E-state index in [1.807, 2.05) is 54.7 Å². The van der Waals surface area contributed by atoms with Crippen LogP contribution in [-0.2, 0) is 37.5 Å². The summed E-state index contributed by atoms with van der Waals surface area (Å²) < 4.78 is 32.5. The molecule has 0 amide bonds. The van der Waals surface area contributed by atoms with Crippen LogP contribution in [0, 0.1) is 0 Å². The van der Waals surface area contributed by atoms with Crippen LogP contribution in [0.3, 0.4) is 0 Å². The van der Waals surface area contributed by atoms with Crippen molar-refractivity contribution in [3.8, 4) is 0 Å². The van der Waals surface area contributed by atoms with Crippen molar-refractivity contribution in [3.63, 3.8) is 0 Å². The summed E-state index contributed by atoms with van der Waals surface area (Å²) in [6.07, 6.45) is 51.4. The van der Waals surface area contributed by atoms with Crippen LogP contribution in [-0.4, -0.2) is 59.9 Å². The van der Waals surface area contributed by atoms with Crippen LogP contribution in [0.2, 0.25) is 0 Å². The van der Waals surface area contributed by atoms with E-state index in [-0.39, 0.29) is 12.8 Å². The third-order valence-corrected chi connectivity index (χ3v) is 8.53.